The van der Waals surface area contributed by atoms with E-state index in [2.05, 4.69) is 51.9 Å². The van der Waals surface area contributed by atoms with Gasteiger partial charge in [-0.3, -0.25) is 0 Å². The zero-order valence-corrected chi connectivity index (χ0v) is 20.0. The molecule has 0 amide bonds. The molecule has 5 nitrogen and oxygen atoms in total. The minimum atomic E-state index is -3.34. The summed E-state index contributed by atoms with van der Waals surface area (Å²) in [6.07, 6.45) is 0.446. The Labute approximate surface area is 199 Å². The fourth-order valence-electron chi connectivity index (χ4n) is 4.29. The van der Waals surface area contributed by atoms with Crippen LogP contribution in [0.2, 0.25) is 0 Å². The Bertz CT molecular complexity index is 1210. The van der Waals surface area contributed by atoms with E-state index in [1.807, 2.05) is 54.6 Å². The molecule has 0 saturated carbocycles. The molecule has 0 aliphatic carbocycles. The summed E-state index contributed by atoms with van der Waals surface area (Å²) >= 11 is 4.31. The number of carboxylic acid groups (broad SMARTS) is 1. The van der Waals surface area contributed by atoms with Crippen molar-refractivity contribution in [1.82, 2.24) is 0 Å². The zero-order valence-electron chi connectivity index (χ0n) is 17.5. The first-order valence-corrected chi connectivity index (χ1v) is 14.7. The summed E-state index contributed by atoms with van der Waals surface area (Å²) in [5.74, 6) is -1.32. The van der Waals surface area contributed by atoms with Gasteiger partial charge in [0.2, 0.25) is 0 Å². The van der Waals surface area contributed by atoms with Gasteiger partial charge in [0.1, 0.15) is 0 Å². The molecule has 0 unspecified atom stereocenters. The van der Waals surface area contributed by atoms with E-state index in [9.17, 15) is 20.0 Å². The summed E-state index contributed by atoms with van der Waals surface area (Å²) in [6, 6.07) is 34.7. The van der Waals surface area contributed by atoms with Crippen LogP contribution in [0.15, 0.2) is 109 Å². The van der Waals surface area contributed by atoms with Crippen molar-refractivity contribution in [2.24, 2.45) is 0 Å². The number of nitro benzene ring substituents is 1. The molecule has 7 heteroatoms. The van der Waals surface area contributed by atoms with Gasteiger partial charge < -0.3 is 0 Å². The molecule has 4 aromatic carbocycles. The molecule has 1 N–H and O–H groups in total. The van der Waals surface area contributed by atoms with Crippen molar-refractivity contribution in [2.45, 2.75) is 6.16 Å². The van der Waals surface area contributed by atoms with Crippen molar-refractivity contribution in [3.63, 3.8) is 0 Å². The third-order valence-electron chi connectivity index (χ3n) is 5.85. The molecular formula is C26H21BrNO4P. The summed E-state index contributed by atoms with van der Waals surface area (Å²) in [5, 5.41) is 20.9. The Balaban J connectivity index is 2.06. The van der Waals surface area contributed by atoms with Crippen molar-refractivity contribution < 1.29 is 14.8 Å². The van der Waals surface area contributed by atoms with Gasteiger partial charge in [0.05, 0.1) is 0 Å². The Kier molecular flexibility index (Phi) is 6.15. The van der Waals surface area contributed by atoms with Crippen molar-refractivity contribution >= 4 is 48.4 Å². The molecule has 0 saturated heterocycles. The second kappa shape index (κ2) is 8.89. The summed E-state index contributed by atoms with van der Waals surface area (Å²) in [4.78, 5) is 22.6. The first-order chi connectivity index (χ1) is 15.8. The first kappa shape index (κ1) is 22.8. The van der Waals surface area contributed by atoms with Crippen LogP contribution in [0.25, 0.3) is 0 Å². The monoisotopic (exact) mass is 521 g/mol. The topological polar surface area (TPSA) is 80.4 Å². The van der Waals surface area contributed by atoms with Crippen molar-refractivity contribution in [3.05, 3.63) is 130 Å². The summed E-state index contributed by atoms with van der Waals surface area (Å²) < 4.78 is 0. The van der Waals surface area contributed by atoms with E-state index in [1.54, 1.807) is 6.07 Å². The number of halogens is 1. The normalized spacial score (nSPS) is 12.5. The van der Waals surface area contributed by atoms with E-state index >= 15 is 0 Å². The molecule has 0 fully saturated rings. The van der Waals surface area contributed by atoms with Crippen LogP contribution >= 0.6 is 20.8 Å². The van der Waals surface area contributed by atoms with Crippen LogP contribution in [0.5, 0.6) is 0 Å². The van der Waals surface area contributed by atoms with Gasteiger partial charge in [-0.2, -0.15) is 0 Å². The number of aromatic carboxylic acids is 1. The zero-order chi connectivity index (χ0) is 23.5. The van der Waals surface area contributed by atoms with Gasteiger partial charge in [-0.1, -0.05) is 0 Å². The molecule has 4 aromatic rings. The van der Waals surface area contributed by atoms with Gasteiger partial charge in [0, 0.05) is 0 Å². The van der Waals surface area contributed by atoms with Crippen molar-refractivity contribution in [2.75, 3.05) is 0 Å². The van der Waals surface area contributed by atoms with E-state index in [-0.39, 0.29) is 5.56 Å². The molecule has 166 valence electrons. The maximum absolute atomic E-state index is 11.8. The summed E-state index contributed by atoms with van der Waals surface area (Å²) in [6.45, 7) is 0. The van der Waals surface area contributed by atoms with Gasteiger partial charge in [-0.15, -0.1) is 0 Å². The first-order valence-electron chi connectivity index (χ1n) is 10.2. The van der Waals surface area contributed by atoms with Crippen LogP contribution in [0.3, 0.4) is 0 Å². The van der Waals surface area contributed by atoms with Crippen LogP contribution in [0.4, 0.5) is 5.69 Å². The molecule has 0 radical (unpaired) electrons. The molecule has 0 aromatic heterocycles. The van der Waals surface area contributed by atoms with Gasteiger partial charge in [-0.25, -0.2) is 0 Å². The Hall–Kier alpha value is -3.34. The summed E-state index contributed by atoms with van der Waals surface area (Å²) in [7, 11) is 0. The molecule has 0 aliphatic heterocycles. The average Bonchev–Trinajstić information content (AvgIpc) is 2.85. The van der Waals surface area contributed by atoms with E-state index in [1.165, 1.54) is 12.1 Å². The fourth-order valence-corrected chi connectivity index (χ4v) is 12.0. The molecule has 0 bridgehead atoms. The fraction of sp³-hybridized carbons (Fsp3) is 0.0385. The van der Waals surface area contributed by atoms with Crippen molar-refractivity contribution in [3.8, 4) is 0 Å². The SMILES string of the molecule is O=C(O)c1cc(CP(Br)(c2ccccc2)(c2ccccc2)c2ccccc2)ccc1[N+](=O)[O-]. The number of nitro groups is 1. The standard InChI is InChI=1S/C26H21BrNO4P/c27-33(21-10-4-1-5-11-21,22-12-6-2-7-13-22,23-14-8-3-9-15-23)19-20-16-17-25(28(31)32)24(18-20)26(29)30/h1-18H,19H2,(H,29,30). The third kappa shape index (κ3) is 3.97. The molecule has 0 heterocycles. The number of carbonyl (C=O) groups is 1. The van der Waals surface area contributed by atoms with E-state index in [4.69, 9.17) is 0 Å². The number of hydrogen-bond donors (Lipinski definition) is 1. The molecule has 0 aliphatic rings. The molecule has 0 spiro atoms. The predicted octanol–water partition coefficient (Wildman–Crippen LogP) is 5.63. The second-order valence-electron chi connectivity index (χ2n) is 7.76. The van der Waals surface area contributed by atoms with Crippen molar-refractivity contribution in [1.29, 1.82) is 0 Å². The number of carboxylic acids is 1. The predicted molar refractivity (Wildman–Crippen MR) is 138 cm³/mol. The molecular weight excluding hydrogens is 501 g/mol. The minimum absolute atomic E-state index is 0.316. The Morgan fingerprint density at radius 3 is 1.58 bits per heavy atom. The van der Waals surface area contributed by atoms with Gasteiger partial charge in [-0.05, 0) is 0 Å². The molecule has 4 rings (SSSR count). The maximum atomic E-state index is 11.8. The summed E-state index contributed by atoms with van der Waals surface area (Å²) in [5.41, 5.74) is -0.0337. The van der Waals surface area contributed by atoms with E-state index < -0.39 is 21.9 Å². The quantitative estimate of drug-likeness (QED) is 0.194. The molecule has 0 atom stereocenters. The van der Waals surface area contributed by atoms with E-state index in [0.29, 0.717) is 11.7 Å². The average molecular weight is 522 g/mol. The van der Waals surface area contributed by atoms with E-state index in [0.717, 1.165) is 15.9 Å². The van der Waals surface area contributed by atoms with Crippen LogP contribution < -0.4 is 15.9 Å². The van der Waals surface area contributed by atoms with Crippen LogP contribution in [0, 0.1) is 10.1 Å². The number of rotatable bonds is 7. The second-order valence-corrected chi connectivity index (χ2v) is 16.7. The number of benzene rings is 4. The third-order valence-corrected chi connectivity index (χ3v) is 15.4. The van der Waals surface area contributed by atoms with Crippen LogP contribution in [-0.4, -0.2) is 16.0 Å². The number of nitrogens with zero attached hydrogens (tertiary/aromatic N) is 1. The van der Waals surface area contributed by atoms with Gasteiger partial charge in [0.15, 0.2) is 0 Å². The Morgan fingerprint density at radius 2 is 1.21 bits per heavy atom. The molecule has 33 heavy (non-hydrogen) atoms. The van der Waals surface area contributed by atoms with Crippen LogP contribution in [-0.2, 0) is 6.16 Å². The van der Waals surface area contributed by atoms with Gasteiger partial charge >= 0.3 is 200 Å². The Morgan fingerprint density at radius 1 is 0.788 bits per heavy atom. The number of hydrogen-bond acceptors (Lipinski definition) is 3. The van der Waals surface area contributed by atoms with Crippen LogP contribution in [0.1, 0.15) is 15.9 Å². The van der Waals surface area contributed by atoms with Gasteiger partial charge in [0.25, 0.3) is 0 Å².